The summed E-state index contributed by atoms with van der Waals surface area (Å²) in [5, 5.41) is -0.263. The van der Waals surface area contributed by atoms with Gasteiger partial charge in [-0.1, -0.05) is 35.0 Å². The first-order valence-corrected chi connectivity index (χ1v) is 7.42. The van der Waals surface area contributed by atoms with Crippen molar-refractivity contribution in [2.75, 3.05) is 0 Å². The normalized spacial score (nSPS) is 13.8. The standard InChI is InChI=1S/C11H15BrO2S/c1-3-9(2)15(13,14)8-10-4-6-11(12)7-5-10/h4-7,9H,3,8H2,1-2H3/t9-/m1/s1. The highest BCUT2D eigenvalue weighted by Gasteiger charge is 2.19. The highest BCUT2D eigenvalue weighted by atomic mass is 79.9. The maximum absolute atomic E-state index is 11.8. The molecule has 0 heterocycles. The molecule has 0 bridgehead atoms. The lowest BCUT2D eigenvalue weighted by molar-refractivity contribution is 0.580. The summed E-state index contributed by atoms with van der Waals surface area (Å²) in [6, 6.07) is 7.40. The van der Waals surface area contributed by atoms with Crippen molar-refractivity contribution in [3.05, 3.63) is 34.3 Å². The third kappa shape index (κ3) is 3.61. The van der Waals surface area contributed by atoms with E-state index in [-0.39, 0.29) is 11.0 Å². The summed E-state index contributed by atoms with van der Waals surface area (Å²) < 4.78 is 24.6. The molecule has 0 aliphatic carbocycles. The minimum absolute atomic E-state index is 0.134. The molecule has 1 atom stereocenters. The summed E-state index contributed by atoms with van der Waals surface area (Å²) in [6.07, 6.45) is 0.666. The second-order valence-corrected chi connectivity index (χ2v) is 6.99. The molecule has 0 unspecified atom stereocenters. The van der Waals surface area contributed by atoms with Crippen LogP contribution in [0.15, 0.2) is 28.7 Å². The smallest absolute Gasteiger partial charge is 0.157 e. The third-order valence-corrected chi connectivity index (χ3v) is 5.29. The molecule has 0 aromatic heterocycles. The van der Waals surface area contributed by atoms with Crippen LogP contribution < -0.4 is 0 Å². The van der Waals surface area contributed by atoms with Crippen LogP contribution in [0.1, 0.15) is 25.8 Å². The lowest BCUT2D eigenvalue weighted by Gasteiger charge is -2.10. The monoisotopic (exact) mass is 290 g/mol. The molecule has 0 saturated heterocycles. The van der Waals surface area contributed by atoms with Crippen molar-refractivity contribution in [1.82, 2.24) is 0 Å². The first-order chi connectivity index (χ1) is 6.95. The van der Waals surface area contributed by atoms with Crippen LogP contribution in [0.4, 0.5) is 0 Å². The second-order valence-electron chi connectivity index (χ2n) is 3.65. The van der Waals surface area contributed by atoms with Crippen molar-refractivity contribution < 1.29 is 8.42 Å². The quantitative estimate of drug-likeness (QED) is 0.854. The van der Waals surface area contributed by atoms with Gasteiger partial charge in [0.1, 0.15) is 0 Å². The highest BCUT2D eigenvalue weighted by Crippen LogP contribution is 2.16. The Balaban J connectivity index is 2.82. The number of rotatable bonds is 4. The fraction of sp³-hybridized carbons (Fsp3) is 0.455. The Labute approximate surface area is 99.7 Å². The molecular formula is C11H15BrO2S. The minimum Gasteiger partial charge on any atom is -0.228 e. The zero-order chi connectivity index (χ0) is 11.5. The lowest BCUT2D eigenvalue weighted by Crippen LogP contribution is -2.18. The van der Waals surface area contributed by atoms with E-state index in [1.54, 1.807) is 6.92 Å². The predicted molar refractivity (Wildman–Crippen MR) is 66.5 cm³/mol. The molecule has 0 fully saturated rings. The van der Waals surface area contributed by atoms with Gasteiger partial charge in [-0.2, -0.15) is 0 Å². The third-order valence-electron chi connectivity index (χ3n) is 2.47. The van der Waals surface area contributed by atoms with E-state index >= 15 is 0 Å². The molecule has 0 aliphatic rings. The molecule has 0 amide bonds. The Morgan fingerprint density at radius 3 is 2.27 bits per heavy atom. The Morgan fingerprint density at radius 1 is 1.27 bits per heavy atom. The van der Waals surface area contributed by atoms with Gasteiger partial charge in [0.25, 0.3) is 0 Å². The van der Waals surface area contributed by atoms with Gasteiger partial charge in [-0.25, -0.2) is 8.42 Å². The van der Waals surface area contributed by atoms with Crippen molar-refractivity contribution in [3.63, 3.8) is 0 Å². The van der Waals surface area contributed by atoms with E-state index in [9.17, 15) is 8.42 Å². The van der Waals surface area contributed by atoms with Crippen molar-refractivity contribution in [2.24, 2.45) is 0 Å². The summed E-state index contributed by atoms with van der Waals surface area (Å²) in [5.41, 5.74) is 0.846. The molecule has 1 aromatic carbocycles. The van der Waals surface area contributed by atoms with E-state index < -0.39 is 9.84 Å². The summed E-state index contributed by atoms with van der Waals surface area (Å²) in [6.45, 7) is 3.65. The van der Waals surface area contributed by atoms with Crippen LogP contribution in [-0.4, -0.2) is 13.7 Å². The van der Waals surface area contributed by atoms with E-state index in [4.69, 9.17) is 0 Å². The summed E-state index contributed by atoms with van der Waals surface area (Å²) in [4.78, 5) is 0. The Hall–Kier alpha value is -0.350. The number of hydrogen-bond donors (Lipinski definition) is 0. The van der Waals surface area contributed by atoms with Gasteiger partial charge >= 0.3 is 0 Å². The van der Waals surface area contributed by atoms with Crippen LogP contribution in [0, 0.1) is 0 Å². The van der Waals surface area contributed by atoms with Crippen LogP contribution in [0.25, 0.3) is 0 Å². The van der Waals surface area contributed by atoms with Crippen LogP contribution in [-0.2, 0) is 15.6 Å². The van der Waals surface area contributed by atoms with Crippen LogP contribution >= 0.6 is 15.9 Å². The topological polar surface area (TPSA) is 34.1 Å². The van der Waals surface area contributed by atoms with E-state index in [1.807, 2.05) is 31.2 Å². The fourth-order valence-corrected chi connectivity index (χ4v) is 2.92. The Kier molecular flexibility index (Phi) is 4.34. The van der Waals surface area contributed by atoms with Crippen molar-refractivity contribution in [3.8, 4) is 0 Å². The average molecular weight is 291 g/mol. The SMILES string of the molecule is CC[C@@H](C)S(=O)(=O)Cc1ccc(Br)cc1. The molecule has 84 valence electrons. The molecule has 0 saturated carbocycles. The number of halogens is 1. The van der Waals surface area contributed by atoms with Crippen molar-refractivity contribution in [2.45, 2.75) is 31.3 Å². The lowest BCUT2D eigenvalue weighted by atomic mass is 10.2. The molecule has 1 aromatic rings. The molecule has 4 heteroatoms. The molecule has 15 heavy (non-hydrogen) atoms. The van der Waals surface area contributed by atoms with Gasteiger partial charge in [0, 0.05) is 4.47 Å². The Morgan fingerprint density at radius 2 is 1.80 bits per heavy atom. The van der Waals surface area contributed by atoms with Gasteiger partial charge in [-0.15, -0.1) is 0 Å². The summed E-state index contributed by atoms with van der Waals surface area (Å²) in [7, 11) is -2.99. The minimum atomic E-state index is -2.99. The zero-order valence-corrected chi connectivity index (χ0v) is 11.3. The molecular weight excluding hydrogens is 276 g/mol. The molecule has 0 aliphatic heterocycles. The first kappa shape index (κ1) is 12.7. The molecule has 0 radical (unpaired) electrons. The van der Waals surface area contributed by atoms with Crippen LogP contribution in [0.5, 0.6) is 0 Å². The van der Waals surface area contributed by atoms with E-state index in [1.165, 1.54) is 0 Å². The van der Waals surface area contributed by atoms with E-state index in [0.29, 0.717) is 6.42 Å². The molecule has 0 N–H and O–H groups in total. The van der Waals surface area contributed by atoms with Crippen molar-refractivity contribution in [1.29, 1.82) is 0 Å². The van der Waals surface area contributed by atoms with E-state index in [0.717, 1.165) is 10.0 Å². The zero-order valence-electron chi connectivity index (χ0n) is 8.90. The van der Waals surface area contributed by atoms with Crippen LogP contribution in [0.3, 0.4) is 0 Å². The van der Waals surface area contributed by atoms with Gasteiger partial charge in [0.2, 0.25) is 0 Å². The Bertz CT molecular complexity index is 409. The maximum atomic E-state index is 11.8. The van der Waals surface area contributed by atoms with Gasteiger partial charge < -0.3 is 0 Å². The summed E-state index contributed by atoms with van der Waals surface area (Å²) in [5.74, 6) is 0.134. The maximum Gasteiger partial charge on any atom is 0.157 e. The molecule has 0 spiro atoms. The summed E-state index contributed by atoms with van der Waals surface area (Å²) >= 11 is 3.32. The molecule has 1 rings (SSSR count). The number of hydrogen-bond acceptors (Lipinski definition) is 2. The highest BCUT2D eigenvalue weighted by molar-refractivity contribution is 9.10. The van der Waals surface area contributed by atoms with Crippen LogP contribution in [0.2, 0.25) is 0 Å². The van der Waals surface area contributed by atoms with Gasteiger partial charge in [0.15, 0.2) is 9.84 Å². The van der Waals surface area contributed by atoms with Gasteiger partial charge in [-0.3, -0.25) is 0 Å². The number of benzene rings is 1. The average Bonchev–Trinajstić information content (AvgIpc) is 2.20. The van der Waals surface area contributed by atoms with Crippen molar-refractivity contribution >= 4 is 25.8 Å². The first-order valence-electron chi connectivity index (χ1n) is 4.91. The van der Waals surface area contributed by atoms with Gasteiger partial charge in [-0.05, 0) is 31.0 Å². The predicted octanol–water partition coefficient (Wildman–Crippen LogP) is 3.16. The fourth-order valence-electron chi connectivity index (χ4n) is 1.21. The second kappa shape index (κ2) is 5.12. The largest absolute Gasteiger partial charge is 0.228 e. The molecule has 2 nitrogen and oxygen atoms in total. The number of sulfone groups is 1. The van der Waals surface area contributed by atoms with E-state index in [2.05, 4.69) is 15.9 Å². The van der Waals surface area contributed by atoms with Gasteiger partial charge in [0.05, 0.1) is 11.0 Å².